The quantitative estimate of drug-likeness (QED) is 0.574. The third kappa shape index (κ3) is 9.80. The number of nitrogens with one attached hydrogen (secondary N) is 1. The Bertz CT molecular complexity index is 107. The van der Waals surface area contributed by atoms with Gasteiger partial charge in [0.2, 0.25) is 0 Å². The summed E-state index contributed by atoms with van der Waals surface area (Å²) in [7, 11) is 4.12. The Kier molecular flexibility index (Phi) is 8.40. The molecule has 0 saturated carbocycles. The maximum absolute atomic E-state index is 5.60. The van der Waals surface area contributed by atoms with Crippen LogP contribution < -0.4 is 5.32 Å². The molecule has 0 aromatic carbocycles. The number of rotatable bonds is 8. The van der Waals surface area contributed by atoms with Crippen molar-refractivity contribution in [2.75, 3.05) is 40.3 Å². The van der Waals surface area contributed by atoms with Crippen LogP contribution in [0.15, 0.2) is 0 Å². The van der Waals surface area contributed by atoms with Crippen LogP contribution in [-0.2, 0) is 4.74 Å². The molecule has 1 unspecified atom stereocenters. The van der Waals surface area contributed by atoms with E-state index in [9.17, 15) is 0 Å². The molecule has 13 heavy (non-hydrogen) atoms. The Hall–Kier alpha value is -0.120. The van der Waals surface area contributed by atoms with E-state index < -0.39 is 0 Å². The molecule has 0 aromatic rings. The maximum atomic E-state index is 5.60. The SMILES string of the molecule is CCCNCC(C)OCCN(C)C. The Balaban J connectivity index is 3.15. The number of hydrogen-bond donors (Lipinski definition) is 1. The predicted molar refractivity (Wildman–Crippen MR) is 57.1 cm³/mol. The maximum Gasteiger partial charge on any atom is 0.0672 e. The minimum atomic E-state index is 0.325. The highest BCUT2D eigenvalue weighted by Gasteiger charge is 2.00. The second-order valence-corrected chi connectivity index (χ2v) is 3.69. The molecule has 1 atom stereocenters. The van der Waals surface area contributed by atoms with E-state index in [0.717, 1.165) is 26.2 Å². The predicted octanol–water partition coefficient (Wildman–Crippen LogP) is 0.953. The number of nitrogens with zero attached hydrogens (tertiary/aromatic N) is 1. The third-order valence-corrected chi connectivity index (χ3v) is 1.80. The van der Waals surface area contributed by atoms with E-state index >= 15 is 0 Å². The standard InChI is InChI=1S/C10H24N2O/c1-5-6-11-9-10(2)13-8-7-12(3)4/h10-11H,5-9H2,1-4H3. The summed E-state index contributed by atoms with van der Waals surface area (Å²) in [6, 6.07) is 0. The first-order valence-corrected chi connectivity index (χ1v) is 5.13. The lowest BCUT2D eigenvalue weighted by atomic mass is 10.4. The van der Waals surface area contributed by atoms with E-state index in [0.29, 0.717) is 6.10 Å². The van der Waals surface area contributed by atoms with Crippen LogP contribution in [0.25, 0.3) is 0 Å². The van der Waals surface area contributed by atoms with Gasteiger partial charge >= 0.3 is 0 Å². The first kappa shape index (κ1) is 12.9. The highest BCUT2D eigenvalue weighted by atomic mass is 16.5. The fourth-order valence-electron chi connectivity index (χ4n) is 0.977. The summed E-state index contributed by atoms with van der Waals surface area (Å²) in [4.78, 5) is 2.13. The Morgan fingerprint density at radius 2 is 2.08 bits per heavy atom. The van der Waals surface area contributed by atoms with Crippen molar-refractivity contribution in [3.8, 4) is 0 Å². The van der Waals surface area contributed by atoms with Gasteiger partial charge in [-0.05, 0) is 34.0 Å². The Morgan fingerprint density at radius 1 is 1.38 bits per heavy atom. The zero-order chi connectivity index (χ0) is 10.1. The molecule has 0 spiro atoms. The van der Waals surface area contributed by atoms with Crippen molar-refractivity contribution >= 4 is 0 Å². The van der Waals surface area contributed by atoms with Gasteiger partial charge in [-0.3, -0.25) is 0 Å². The van der Waals surface area contributed by atoms with Crippen LogP contribution in [0.4, 0.5) is 0 Å². The van der Waals surface area contributed by atoms with Crippen LogP contribution in [0.3, 0.4) is 0 Å². The monoisotopic (exact) mass is 188 g/mol. The van der Waals surface area contributed by atoms with Gasteiger partial charge in [0.15, 0.2) is 0 Å². The fraction of sp³-hybridized carbons (Fsp3) is 1.00. The van der Waals surface area contributed by atoms with E-state index in [1.165, 1.54) is 6.42 Å². The summed E-state index contributed by atoms with van der Waals surface area (Å²) >= 11 is 0. The minimum Gasteiger partial charge on any atom is -0.376 e. The molecule has 0 radical (unpaired) electrons. The summed E-state index contributed by atoms with van der Waals surface area (Å²) < 4.78 is 5.60. The van der Waals surface area contributed by atoms with E-state index in [-0.39, 0.29) is 0 Å². The molecule has 0 saturated heterocycles. The van der Waals surface area contributed by atoms with Gasteiger partial charge < -0.3 is 15.0 Å². The van der Waals surface area contributed by atoms with Crippen molar-refractivity contribution in [1.82, 2.24) is 10.2 Å². The molecule has 3 heteroatoms. The van der Waals surface area contributed by atoms with Crippen molar-refractivity contribution in [2.24, 2.45) is 0 Å². The lowest BCUT2D eigenvalue weighted by Crippen LogP contribution is -2.29. The van der Waals surface area contributed by atoms with Gasteiger partial charge in [0.1, 0.15) is 0 Å². The fourth-order valence-corrected chi connectivity index (χ4v) is 0.977. The first-order valence-electron chi connectivity index (χ1n) is 5.13. The van der Waals surface area contributed by atoms with Crippen molar-refractivity contribution in [3.63, 3.8) is 0 Å². The van der Waals surface area contributed by atoms with E-state index in [1.54, 1.807) is 0 Å². The van der Waals surface area contributed by atoms with E-state index in [4.69, 9.17) is 4.74 Å². The molecule has 0 amide bonds. The van der Waals surface area contributed by atoms with Crippen LogP contribution in [-0.4, -0.2) is 51.3 Å². The van der Waals surface area contributed by atoms with E-state index in [2.05, 4.69) is 38.2 Å². The van der Waals surface area contributed by atoms with Gasteiger partial charge in [-0.1, -0.05) is 6.92 Å². The number of likely N-dealkylation sites (N-methyl/N-ethyl adjacent to an activating group) is 1. The second kappa shape index (κ2) is 8.48. The smallest absolute Gasteiger partial charge is 0.0672 e. The van der Waals surface area contributed by atoms with Crippen molar-refractivity contribution < 1.29 is 4.74 Å². The molecule has 80 valence electrons. The van der Waals surface area contributed by atoms with Gasteiger partial charge in [0, 0.05) is 13.1 Å². The molecule has 0 rings (SSSR count). The first-order chi connectivity index (χ1) is 6.16. The van der Waals surface area contributed by atoms with Crippen LogP contribution >= 0.6 is 0 Å². The largest absolute Gasteiger partial charge is 0.376 e. The molecular weight excluding hydrogens is 164 g/mol. The molecule has 0 fully saturated rings. The average molecular weight is 188 g/mol. The number of ether oxygens (including phenoxy) is 1. The normalized spacial score (nSPS) is 13.6. The second-order valence-electron chi connectivity index (χ2n) is 3.69. The van der Waals surface area contributed by atoms with Crippen molar-refractivity contribution in [2.45, 2.75) is 26.4 Å². The van der Waals surface area contributed by atoms with Gasteiger partial charge in [-0.25, -0.2) is 0 Å². The highest BCUT2D eigenvalue weighted by Crippen LogP contribution is 1.89. The zero-order valence-corrected chi connectivity index (χ0v) is 9.47. The van der Waals surface area contributed by atoms with Gasteiger partial charge in [-0.15, -0.1) is 0 Å². The van der Waals surface area contributed by atoms with Crippen LogP contribution in [0.2, 0.25) is 0 Å². The van der Waals surface area contributed by atoms with Gasteiger partial charge in [-0.2, -0.15) is 0 Å². The summed E-state index contributed by atoms with van der Waals surface area (Å²) in [6.45, 7) is 8.14. The Morgan fingerprint density at radius 3 is 2.62 bits per heavy atom. The lowest BCUT2D eigenvalue weighted by Gasteiger charge is -2.15. The summed E-state index contributed by atoms with van der Waals surface area (Å²) in [6.07, 6.45) is 1.51. The molecule has 0 aliphatic rings. The summed E-state index contributed by atoms with van der Waals surface area (Å²) in [5.41, 5.74) is 0. The van der Waals surface area contributed by atoms with E-state index in [1.807, 2.05) is 0 Å². The highest BCUT2D eigenvalue weighted by molar-refractivity contribution is 4.55. The summed E-state index contributed by atoms with van der Waals surface area (Å²) in [5, 5.41) is 3.33. The molecular formula is C10H24N2O. The lowest BCUT2D eigenvalue weighted by molar-refractivity contribution is 0.0562. The van der Waals surface area contributed by atoms with Crippen LogP contribution in [0.1, 0.15) is 20.3 Å². The van der Waals surface area contributed by atoms with Gasteiger partial charge in [0.25, 0.3) is 0 Å². The molecule has 0 aromatic heterocycles. The molecule has 1 N–H and O–H groups in total. The third-order valence-electron chi connectivity index (χ3n) is 1.80. The molecule has 0 bridgehead atoms. The van der Waals surface area contributed by atoms with Crippen LogP contribution in [0.5, 0.6) is 0 Å². The zero-order valence-electron chi connectivity index (χ0n) is 9.47. The Labute approximate surface area is 82.4 Å². The molecule has 0 heterocycles. The average Bonchev–Trinajstić information content (AvgIpc) is 2.04. The molecule has 0 aliphatic heterocycles. The van der Waals surface area contributed by atoms with Crippen molar-refractivity contribution in [1.29, 1.82) is 0 Å². The van der Waals surface area contributed by atoms with Crippen LogP contribution in [0, 0.1) is 0 Å². The van der Waals surface area contributed by atoms with Crippen molar-refractivity contribution in [3.05, 3.63) is 0 Å². The molecule has 0 aliphatic carbocycles. The summed E-state index contributed by atoms with van der Waals surface area (Å²) in [5.74, 6) is 0. The minimum absolute atomic E-state index is 0.325. The molecule has 3 nitrogen and oxygen atoms in total. The topological polar surface area (TPSA) is 24.5 Å². The number of hydrogen-bond acceptors (Lipinski definition) is 3. The van der Waals surface area contributed by atoms with Gasteiger partial charge in [0.05, 0.1) is 12.7 Å².